The third-order valence-electron chi connectivity index (χ3n) is 5.43. The summed E-state index contributed by atoms with van der Waals surface area (Å²) in [5.41, 5.74) is 3.64. The lowest BCUT2D eigenvalue weighted by Gasteiger charge is -2.41. The molecule has 4 nitrogen and oxygen atoms in total. The first-order valence-electron chi connectivity index (χ1n) is 9.72. The van der Waals surface area contributed by atoms with Crippen molar-refractivity contribution in [2.24, 2.45) is 0 Å². The Kier molecular flexibility index (Phi) is 5.49. The maximum absolute atomic E-state index is 9.70. The summed E-state index contributed by atoms with van der Waals surface area (Å²) in [6, 6.07) is 26.6. The molecule has 1 saturated heterocycles. The van der Waals surface area contributed by atoms with Gasteiger partial charge >= 0.3 is 0 Å². The minimum Gasteiger partial charge on any atom is -0.508 e. The molecular weight excluding hydrogens is 348 g/mol. The van der Waals surface area contributed by atoms with Crippen LogP contribution in [0, 0.1) is 0 Å². The number of methoxy groups -OCH3 is 1. The maximum atomic E-state index is 9.70. The molecule has 0 bridgehead atoms. The van der Waals surface area contributed by atoms with E-state index in [4.69, 9.17) is 4.74 Å². The first-order valence-corrected chi connectivity index (χ1v) is 9.72. The van der Waals surface area contributed by atoms with E-state index in [0.29, 0.717) is 5.75 Å². The van der Waals surface area contributed by atoms with Crippen molar-refractivity contribution in [3.8, 4) is 11.5 Å². The van der Waals surface area contributed by atoms with E-state index in [0.717, 1.165) is 37.6 Å². The second kappa shape index (κ2) is 8.36. The van der Waals surface area contributed by atoms with E-state index in [2.05, 4.69) is 52.3 Å². The van der Waals surface area contributed by atoms with Gasteiger partial charge in [-0.15, -0.1) is 0 Å². The molecule has 1 fully saturated rings. The fourth-order valence-corrected chi connectivity index (χ4v) is 4.02. The van der Waals surface area contributed by atoms with Crippen LogP contribution in [0.15, 0.2) is 78.9 Å². The van der Waals surface area contributed by atoms with Gasteiger partial charge in [-0.25, -0.2) is 0 Å². The molecule has 1 unspecified atom stereocenters. The molecule has 28 heavy (non-hydrogen) atoms. The lowest BCUT2D eigenvalue weighted by Crippen LogP contribution is -2.48. The number of benzene rings is 3. The number of para-hydroxylation sites is 2. The van der Waals surface area contributed by atoms with E-state index in [1.165, 1.54) is 11.1 Å². The molecule has 0 aliphatic carbocycles. The maximum Gasteiger partial charge on any atom is 0.142 e. The van der Waals surface area contributed by atoms with Crippen molar-refractivity contribution in [3.05, 3.63) is 90.0 Å². The largest absolute Gasteiger partial charge is 0.508 e. The zero-order chi connectivity index (χ0) is 19.3. The summed E-state index contributed by atoms with van der Waals surface area (Å²) in [6.07, 6.45) is 0. The van der Waals surface area contributed by atoms with E-state index in [1.807, 2.05) is 24.3 Å². The highest BCUT2D eigenvalue weighted by Gasteiger charge is 2.27. The Hall–Kier alpha value is -2.98. The Morgan fingerprint density at radius 2 is 1.36 bits per heavy atom. The molecule has 0 saturated carbocycles. The van der Waals surface area contributed by atoms with Crippen LogP contribution in [0.2, 0.25) is 0 Å². The van der Waals surface area contributed by atoms with Crippen molar-refractivity contribution < 1.29 is 9.84 Å². The van der Waals surface area contributed by atoms with Gasteiger partial charge in [-0.3, -0.25) is 4.90 Å². The molecule has 1 aliphatic rings. The molecule has 0 aromatic heterocycles. The number of rotatable bonds is 5. The smallest absolute Gasteiger partial charge is 0.142 e. The standard InChI is InChI=1S/C24H26N2O2/c1-28-23-10-6-5-9-22(23)25-15-17-26(18-16-25)24(19-7-3-2-4-8-19)20-11-13-21(27)14-12-20/h2-14,24,27H,15-18H2,1H3. The summed E-state index contributed by atoms with van der Waals surface area (Å²) < 4.78 is 5.54. The van der Waals surface area contributed by atoms with Crippen molar-refractivity contribution in [2.75, 3.05) is 38.2 Å². The molecule has 1 aliphatic heterocycles. The minimum absolute atomic E-state index is 0.182. The number of piperazine rings is 1. The molecule has 3 aromatic rings. The number of phenolic OH excluding ortho intramolecular Hbond substituents is 1. The van der Waals surface area contributed by atoms with Gasteiger partial charge in [0.15, 0.2) is 0 Å². The van der Waals surface area contributed by atoms with E-state index >= 15 is 0 Å². The molecule has 1 heterocycles. The highest BCUT2D eigenvalue weighted by molar-refractivity contribution is 5.58. The molecule has 4 heteroatoms. The van der Waals surface area contributed by atoms with Crippen molar-refractivity contribution >= 4 is 5.69 Å². The van der Waals surface area contributed by atoms with Crippen LogP contribution in [0.5, 0.6) is 11.5 Å². The normalized spacial score (nSPS) is 16.0. The lowest BCUT2D eigenvalue weighted by molar-refractivity contribution is 0.212. The van der Waals surface area contributed by atoms with Crippen molar-refractivity contribution in [3.63, 3.8) is 0 Å². The van der Waals surface area contributed by atoms with Crippen LogP contribution in [0.1, 0.15) is 17.2 Å². The zero-order valence-corrected chi connectivity index (χ0v) is 16.2. The Morgan fingerprint density at radius 3 is 2.04 bits per heavy atom. The van der Waals surface area contributed by atoms with E-state index in [-0.39, 0.29) is 6.04 Å². The van der Waals surface area contributed by atoms with Gasteiger partial charge in [-0.2, -0.15) is 0 Å². The Bertz CT molecular complexity index is 888. The average molecular weight is 374 g/mol. The lowest BCUT2D eigenvalue weighted by atomic mass is 9.96. The van der Waals surface area contributed by atoms with Crippen molar-refractivity contribution in [2.45, 2.75) is 6.04 Å². The second-order valence-corrected chi connectivity index (χ2v) is 7.10. The summed E-state index contributed by atoms with van der Waals surface area (Å²) >= 11 is 0. The number of aromatic hydroxyl groups is 1. The van der Waals surface area contributed by atoms with Gasteiger partial charge in [0, 0.05) is 26.2 Å². The second-order valence-electron chi connectivity index (χ2n) is 7.10. The van der Waals surface area contributed by atoms with E-state index in [1.54, 1.807) is 19.2 Å². The molecular formula is C24H26N2O2. The van der Waals surface area contributed by atoms with Crippen LogP contribution in [0.3, 0.4) is 0 Å². The van der Waals surface area contributed by atoms with Crippen LogP contribution in [-0.2, 0) is 0 Å². The highest BCUT2D eigenvalue weighted by Crippen LogP contribution is 2.33. The predicted octanol–water partition coefficient (Wildman–Crippen LogP) is 4.31. The van der Waals surface area contributed by atoms with Gasteiger partial charge in [0.1, 0.15) is 11.5 Å². The van der Waals surface area contributed by atoms with Crippen molar-refractivity contribution in [1.29, 1.82) is 0 Å². The summed E-state index contributed by atoms with van der Waals surface area (Å²) in [5.74, 6) is 1.23. The Balaban J connectivity index is 1.57. The number of anilines is 1. The molecule has 0 spiro atoms. The highest BCUT2D eigenvalue weighted by atomic mass is 16.5. The van der Waals surface area contributed by atoms with Crippen molar-refractivity contribution in [1.82, 2.24) is 4.90 Å². The number of hydrogen-bond acceptors (Lipinski definition) is 4. The summed E-state index contributed by atoms with van der Waals surface area (Å²) in [4.78, 5) is 4.92. The number of ether oxygens (including phenoxy) is 1. The molecule has 4 rings (SSSR count). The Morgan fingerprint density at radius 1 is 0.750 bits per heavy atom. The van der Waals surface area contributed by atoms with Gasteiger partial charge in [-0.1, -0.05) is 54.6 Å². The Labute approximate surface area is 166 Å². The number of hydrogen-bond donors (Lipinski definition) is 1. The summed E-state index contributed by atoms with van der Waals surface area (Å²) in [5, 5.41) is 9.70. The van der Waals surface area contributed by atoms with Gasteiger partial charge in [0.25, 0.3) is 0 Å². The fourth-order valence-electron chi connectivity index (χ4n) is 4.02. The molecule has 3 aromatic carbocycles. The molecule has 0 radical (unpaired) electrons. The van der Waals surface area contributed by atoms with Gasteiger partial charge < -0.3 is 14.7 Å². The van der Waals surface area contributed by atoms with Gasteiger partial charge in [0.2, 0.25) is 0 Å². The van der Waals surface area contributed by atoms with E-state index < -0.39 is 0 Å². The SMILES string of the molecule is COc1ccccc1N1CCN(C(c2ccccc2)c2ccc(O)cc2)CC1. The monoisotopic (exact) mass is 374 g/mol. The van der Waals surface area contributed by atoms with Crippen LogP contribution in [-0.4, -0.2) is 43.3 Å². The molecule has 1 N–H and O–H groups in total. The van der Waals surface area contributed by atoms with Crippen LogP contribution >= 0.6 is 0 Å². The summed E-state index contributed by atoms with van der Waals surface area (Å²) in [7, 11) is 1.73. The predicted molar refractivity (Wildman–Crippen MR) is 113 cm³/mol. The third kappa shape index (κ3) is 3.82. The number of nitrogens with zero attached hydrogens (tertiary/aromatic N) is 2. The van der Waals surface area contributed by atoms with Gasteiger partial charge in [-0.05, 0) is 35.4 Å². The van der Waals surface area contributed by atoms with E-state index in [9.17, 15) is 5.11 Å². The topological polar surface area (TPSA) is 35.9 Å². The van der Waals surface area contributed by atoms with Gasteiger partial charge in [0.05, 0.1) is 18.8 Å². The minimum atomic E-state index is 0.182. The zero-order valence-electron chi connectivity index (χ0n) is 16.2. The third-order valence-corrected chi connectivity index (χ3v) is 5.43. The number of phenols is 1. The molecule has 0 amide bonds. The first-order chi connectivity index (χ1) is 13.8. The van der Waals surface area contributed by atoms with Crippen LogP contribution in [0.25, 0.3) is 0 Å². The quantitative estimate of drug-likeness (QED) is 0.722. The van der Waals surface area contributed by atoms with Crippen LogP contribution < -0.4 is 9.64 Å². The summed E-state index contributed by atoms with van der Waals surface area (Å²) in [6.45, 7) is 3.81. The molecule has 1 atom stereocenters. The van der Waals surface area contributed by atoms with Crippen LogP contribution in [0.4, 0.5) is 5.69 Å². The fraction of sp³-hybridized carbons (Fsp3) is 0.250. The first kappa shape index (κ1) is 18.4. The molecule has 144 valence electrons. The average Bonchev–Trinajstić information content (AvgIpc) is 2.76.